The molecule has 0 amide bonds. The van der Waals surface area contributed by atoms with Crippen LogP contribution in [0.1, 0.15) is 50.1 Å². The number of fused-ring (bicyclic) bond motifs is 14. The maximum absolute atomic E-state index is 9.34. The molecule has 0 bridgehead atoms. The Morgan fingerprint density at radius 2 is 0.700 bits per heavy atom. The number of hydrogen-bond donors (Lipinski definition) is 0. The Kier molecular flexibility index (Phi) is 7.39. The van der Waals surface area contributed by atoms with E-state index in [9.17, 15) is 5.26 Å². The first-order chi connectivity index (χ1) is 29.7. The molecule has 4 heteroatoms. The van der Waals surface area contributed by atoms with Gasteiger partial charge in [-0.15, -0.1) is 0 Å². The van der Waals surface area contributed by atoms with Crippen LogP contribution in [0.15, 0.2) is 219 Å². The number of aromatic nitrogens is 1. The number of nitrogens with zero attached hydrogens (tertiary/aromatic N) is 4. The minimum Gasteiger partial charge on any atom is -0.310 e. The van der Waals surface area contributed by atoms with E-state index in [4.69, 9.17) is 0 Å². The molecule has 4 nitrogen and oxygen atoms in total. The fourth-order valence-electron chi connectivity index (χ4n) is 10.8. The van der Waals surface area contributed by atoms with E-state index in [1.54, 1.807) is 6.20 Å². The Morgan fingerprint density at radius 3 is 1.07 bits per heavy atom. The van der Waals surface area contributed by atoms with Crippen LogP contribution in [-0.4, -0.2) is 4.98 Å². The molecule has 0 fully saturated rings. The molecule has 12 rings (SSSR count). The van der Waals surface area contributed by atoms with Crippen molar-refractivity contribution in [3.05, 3.63) is 269 Å². The molecular weight excluding hydrogens is 729 g/mol. The summed E-state index contributed by atoms with van der Waals surface area (Å²) in [5, 5.41) is 9.34. The molecule has 9 aromatic rings. The summed E-state index contributed by atoms with van der Waals surface area (Å²) in [5.41, 5.74) is 18.1. The number of anilines is 6. The van der Waals surface area contributed by atoms with Gasteiger partial charge in [-0.25, -0.2) is 0 Å². The van der Waals surface area contributed by atoms with Gasteiger partial charge in [0.2, 0.25) is 0 Å². The van der Waals surface area contributed by atoms with Crippen LogP contribution in [0.3, 0.4) is 0 Å². The van der Waals surface area contributed by atoms with Crippen LogP contribution in [0.25, 0.3) is 11.3 Å². The second kappa shape index (κ2) is 13.0. The van der Waals surface area contributed by atoms with Gasteiger partial charge in [-0.1, -0.05) is 152 Å². The van der Waals surface area contributed by atoms with Crippen molar-refractivity contribution >= 4 is 34.1 Å². The first-order valence-corrected chi connectivity index (χ1v) is 20.4. The smallest absolute Gasteiger partial charge is 0.101 e. The molecule has 3 heterocycles. The van der Waals surface area contributed by atoms with Gasteiger partial charge in [0.1, 0.15) is 6.07 Å². The first kappa shape index (κ1) is 34.1. The number of hydrogen-bond acceptors (Lipinski definition) is 4. The molecule has 280 valence electrons. The molecule has 60 heavy (non-hydrogen) atoms. The third-order valence-corrected chi connectivity index (χ3v) is 13.0. The molecule has 2 aliphatic heterocycles. The molecule has 0 atom stereocenters. The zero-order valence-corrected chi connectivity index (χ0v) is 32.6. The third-order valence-electron chi connectivity index (χ3n) is 13.0. The second-order valence-corrected chi connectivity index (χ2v) is 15.8. The van der Waals surface area contributed by atoms with E-state index in [0.717, 1.165) is 34.0 Å². The standard InChI is InChI=1S/C56H36N4/c57-36-38-30-35-50(58-37-38)39-31-33-41(34-32-39)60-53-28-14-10-24-48(53)56(49-25-11-15-29-54(49)60)44-20-6-4-18-42(44)55(43-19-5-7-21-45(43)56)46-22-8-12-26-51(46)59(40-16-2-1-3-17-40)52-27-13-9-23-47(52)55/h1-35,37H. The van der Waals surface area contributed by atoms with Crippen LogP contribution in [-0.2, 0) is 10.8 Å². The average molecular weight is 765 g/mol. The summed E-state index contributed by atoms with van der Waals surface area (Å²) in [6.45, 7) is 0. The van der Waals surface area contributed by atoms with Gasteiger partial charge in [0.05, 0.1) is 44.8 Å². The van der Waals surface area contributed by atoms with Crippen LogP contribution >= 0.6 is 0 Å². The number of benzene rings is 8. The van der Waals surface area contributed by atoms with Gasteiger partial charge < -0.3 is 9.80 Å². The molecule has 0 saturated heterocycles. The Morgan fingerprint density at radius 1 is 0.350 bits per heavy atom. The van der Waals surface area contributed by atoms with Gasteiger partial charge in [0, 0.05) is 23.1 Å². The van der Waals surface area contributed by atoms with Crippen molar-refractivity contribution in [1.82, 2.24) is 4.98 Å². The largest absolute Gasteiger partial charge is 0.310 e. The van der Waals surface area contributed by atoms with Crippen LogP contribution in [0.2, 0.25) is 0 Å². The molecule has 1 aromatic heterocycles. The SMILES string of the molecule is N#Cc1ccc(-c2ccc(N3c4ccccc4C4(c5ccccc53)c3ccccc3C3(c5ccccc5N(c5ccccc5)c5ccccc53)c3ccccc34)cc2)nc1. The number of rotatable bonds is 3. The quantitative estimate of drug-likeness (QED) is 0.180. The van der Waals surface area contributed by atoms with Crippen LogP contribution in [0.4, 0.5) is 34.1 Å². The zero-order chi connectivity index (χ0) is 39.8. The van der Waals surface area contributed by atoms with E-state index in [2.05, 4.69) is 221 Å². The Hall–Kier alpha value is -8.00. The van der Waals surface area contributed by atoms with Crippen molar-refractivity contribution in [2.45, 2.75) is 10.8 Å². The highest BCUT2D eigenvalue weighted by atomic mass is 15.2. The van der Waals surface area contributed by atoms with Crippen LogP contribution in [0, 0.1) is 11.3 Å². The maximum Gasteiger partial charge on any atom is 0.101 e. The molecular formula is C56H36N4. The number of pyridine rings is 1. The van der Waals surface area contributed by atoms with E-state index >= 15 is 0 Å². The monoisotopic (exact) mass is 764 g/mol. The highest BCUT2D eigenvalue weighted by Gasteiger charge is 2.58. The van der Waals surface area contributed by atoms with Gasteiger partial charge in [0.25, 0.3) is 0 Å². The molecule has 3 aliphatic rings. The number of para-hydroxylation sites is 5. The van der Waals surface area contributed by atoms with E-state index in [-0.39, 0.29) is 0 Å². The lowest BCUT2D eigenvalue weighted by atomic mass is 9.49. The van der Waals surface area contributed by atoms with Crippen LogP contribution < -0.4 is 9.80 Å². The Bertz CT molecular complexity index is 3030. The van der Waals surface area contributed by atoms with E-state index in [0.29, 0.717) is 5.56 Å². The van der Waals surface area contributed by atoms with Crippen molar-refractivity contribution < 1.29 is 0 Å². The van der Waals surface area contributed by atoms with E-state index < -0.39 is 10.8 Å². The summed E-state index contributed by atoms with van der Waals surface area (Å²) in [5.74, 6) is 0. The summed E-state index contributed by atoms with van der Waals surface area (Å²) in [6.07, 6.45) is 1.63. The summed E-state index contributed by atoms with van der Waals surface area (Å²) < 4.78 is 0. The van der Waals surface area contributed by atoms with Crippen molar-refractivity contribution in [2.24, 2.45) is 0 Å². The second-order valence-electron chi connectivity index (χ2n) is 15.8. The van der Waals surface area contributed by atoms with E-state index in [1.165, 1.54) is 55.9 Å². The van der Waals surface area contributed by atoms with Gasteiger partial charge >= 0.3 is 0 Å². The van der Waals surface area contributed by atoms with E-state index in [1.807, 2.05) is 12.1 Å². The normalized spacial score (nSPS) is 14.5. The average Bonchev–Trinajstić information content (AvgIpc) is 3.33. The predicted octanol–water partition coefficient (Wildman–Crippen LogP) is 13.3. The lowest BCUT2D eigenvalue weighted by molar-refractivity contribution is 0.607. The molecule has 2 spiro atoms. The van der Waals surface area contributed by atoms with Gasteiger partial charge in [-0.3, -0.25) is 4.98 Å². The van der Waals surface area contributed by atoms with Crippen LogP contribution in [0.5, 0.6) is 0 Å². The molecule has 0 saturated carbocycles. The molecule has 8 aromatic carbocycles. The highest BCUT2D eigenvalue weighted by molar-refractivity contribution is 5.95. The van der Waals surface area contributed by atoms with Gasteiger partial charge in [-0.2, -0.15) is 5.26 Å². The third kappa shape index (κ3) is 4.46. The van der Waals surface area contributed by atoms with Gasteiger partial charge in [0.15, 0.2) is 0 Å². The summed E-state index contributed by atoms with van der Waals surface area (Å²) in [7, 11) is 0. The molecule has 0 radical (unpaired) electrons. The minimum atomic E-state index is -0.644. The van der Waals surface area contributed by atoms with Crippen molar-refractivity contribution in [1.29, 1.82) is 5.26 Å². The topological polar surface area (TPSA) is 43.2 Å². The summed E-state index contributed by atoms with van der Waals surface area (Å²) >= 11 is 0. The fraction of sp³-hybridized carbons (Fsp3) is 0.0357. The lowest BCUT2D eigenvalue weighted by Crippen LogP contribution is -2.49. The Balaban J connectivity index is 1.14. The summed E-state index contributed by atoms with van der Waals surface area (Å²) in [6, 6.07) is 79.8. The molecule has 1 aliphatic carbocycles. The molecule has 0 unspecified atom stereocenters. The van der Waals surface area contributed by atoms with Gasteiger partial charge in [-0.05, 0) is 105 Å². The highest BCUT2D eigenvalue weighted by Crippen LogP contribution is 2.67. The zero-order valence-electron chi connectivity index (χ0n) is 32.6. The Labute approximate surface area is 349 Å². The lowest BCUT2D eigenvalue weighted by Gasteiger charge is -2.56. The van der Waals surface area contributed by atoms with Crippen molar-refractivity contribution in [3.63, 3.8) is 0 Å². The maximum atomic E-state index is 9.34. The summed E-state index contributed by atoms with van der Waals surface area (Å²) in [4.78, 5) is 9.44. The minimum absolute atomic E-state index is 0.550. The fourth-order valence-corrected chi connectivity index (χ4v) is 10.8. The number of nitriles is 1. The van der Waals surface area contributed by atoms with Crippen molar-refractivity contribution in [2.75, 3.05) is 9.80 Å². The van der Waals surface area contributed by atoms with Crippen molar-refractivity contribution in [3.8, 4) is 17.3 Å². The first-order valence-electron chi connectivity index (χ1n) is 20.4. The predicted molar refractivity (Wildman–Crippen MR) is 241 cm³/mol. The molecule has 0 N–H and O–H groups in total.